The van der Waals surface area contributed by atoms with Gasteiger partial charge in [0.15, 0.2) is 0 Å². The van der Waals surface area contributed by atoms with E-state index in [4.69, 9.17) is 35.7 Å². The van der Waals surface area contributed by atoms with E-state index in [0.29, 0.717) is 13.2 Å². The Kier molecular flexibility index (Phi) is 30.1. The van der Waals surface area contributed by atoms with Crippen molar-refractivity contribution in [1.29, 1.82) is 0 Å². The molecule has 1 unspecified atom stereocenters. The topological polar surface area (TPSA) is 151 Å². The van der Waals surface area contributed by atoms with Crippen molar-refractivity contribution in [3.05, 3.63) is 0 Å². The zero-order valence-electron chi connectivity index (χ0n) is 12.8. The summed E-state index contributed by atoms with van der Waals surface area (Å²) < 4.78 is 4.63. The van der Waals surface area contributed by atoms with Gasteiger partial charge in [-0.25, -0.2) is 0 Å². The summed E-state index contributed by atoms with van der Waals surface area (Å²) in [6.45, 7) is 1.93. The first-order valence-corrected chi connectivity index (χ1v) is 7.01. The van der Waals surface area contributed by atoms with Crippen molar-refractivity contribution in [2.45, 2.75) is 38.4 Å². The number of ether oxygens (including phenoxy) is 1. The third-order valence-corrected chi connectivity index (χ3v) is 1.99. The molecule has 0 aliphatic carbocycles. The average Bonchev–Trinajstić information content (AvgIpc) is 2.53. The summed E-state index contributed by atoms with van der Waals surface area (Å²) in [5.74, 6) is 0. The normalized spacial score (nSPS) is 11.3. The lowest BCUT2D eigenvalue weighted by Crippen LogP contribution is -2.15. The van der Waals surface area contributed by atoms with Gasteiger partial charge in [0.2, 0.25) is 0 Å². The van der Waals surface area contributed by atoms with Gasteiger partial charge >= 0.3 is 0 Å². The summed E-state index contributed by atoms with van der Waals surface area (Å²) in [5, 5.41) is 57.2. The van der Waals surface area contributed by atoms with E-state index in [1.165, 1.54) is 0 Å². The highest BCUT2D eigenvalue weighted by Crippen LogP contribution is 1.97. The smallest absolute Gasteiger partial charge is 0.100 e. The van der Waals surface area contributed by atoms with Crippen LogP contribution in [0.3, 0.4) is 0 Å². The second kappa shape index (κ2) is 24.7. The van der Waals surface area contributed by atoms with Crippen LogP contribution in [0.2, 0.25) is 0 Å². The van der Waals surface area contributed by atoms with Crippen molar-refractivity contribution in [3.63, 3.8) is 0 Å². The van der Waals surface area contributed by atoms with Gasteiger partial charge in [0.1, 0.15) is 6.10 Å². The molecule has 0 saturated carbocycles. The molecule has 0 rings (SSSR count). The van der Waals surface area contributed by atoms with Crippen LogP contribution in [-0.4, -0.2) is 94.2 Å². The maximum Gasteiger partial charge on any atom is 0.100 e. The number of aliphatic hydroxyl groups excluding tert-OH is 7. The van der Waals surface area contributed by atoms with E-state index in [0.717, 1.165) is 19.3 Å². The molecule has 0 saturated heterocycles. The molecule has 0 bridgehead atoms. The largest absolute Gasteiger partial charge is 0.394 e. The van der Waals surface area contributed by atoms with Crippen LogP contribution >= 0.6 is 0 Å². The van der Waals surface area contributed by atoms with Gasteiger partial charge in [0, 0.05) is 0 Å². The average molecular weight is 316 g/mol. The van der Waals surface area contributed by atoms with Crippen molar-refractivity contribution in [1.82, 2.24) is 0 Å². The van der Waals surface area contributed by atoms with Gasteiger partial charge in [-0.15, -0.1) is 0 Å². The van der Waals surface area contributed by atoms with E-state index < -0.39 is 12.2 Å². The fourth-order valence-corrected chi connectivity index (χ4v) is 0.820. The fraction of sp³-hybridized carbons (Fsp3) is 1.00. The molecule has 0 aromatic rings. The molecule has 0 aliphatic rings. The molecule has 0 aromatic carbocycles. The first-order chi connectivity index (χ1) is 10.0. The molecular weight excluding hydrogens is 284 g/mol. The minimum Gasteiger partial charge on any atom is -0.394 e. The SMILES string of the molecule is CCCCC(O)CO.OCC(O)CO.OCCOCCO. The zero-order chi connectivity index (χ0) is 16.9. The molecule has 8 heteroatoms. The van der Waals surface area contributed by atoms with Crippen LogP contribution in [0.1, 0.15) is 26.2 Å². The van der Waals surface area contributed by atoms with Crippen LogP contribution in [0.5, 0.6) is 0 Å². The van der Waals surface area contributed by atoms with Gasteiger partial charge in [0.25, 0.3) is 0 Å². The number of hydrogen-bond acceptors (Lipinski definition) is 8. The van der Waals surface area contributed by atoms with Crippen LogP contribution in [0.15, 0.2) is 0 Å². The van der Waals surface area contributed by atoms with Gasteiger partial charge in [-0.05, 0) is 6.42 Å². The zero-order valence-corrected chi connectivity index (χ0v) is 12.8. The Balaban J connectivity index is -0.000000234. The predicted octanol–water partition coefficient (Wildman–Crippen LogP) is -2.15. The molecule has 0 aliphatic heterocycles. The van der Waals surface area contributed by atoms with Crippen molar-refractivity contribution >= 4 is 0 Å². The molecule has 0 fully saturated rings. The summed E-state index contributed by atoms with van der Waals surface area (Å²) in [6, 6.07) is 0. The highest BCUT2D eigenvalue weighted by molar-refractivity contribution is 4.50. The minimum absolute atomic E-state index is 0.0278. The lowest BCUT2D eigenvalue weighted by Gasteiger charge is -2.02. The number of hydrogen-bond donors (Lipinski definition) is 7. The van der Waals surface area contributed by atoms with Crippen molar-refractivity contribution in [3.8, 4) is 0 Å². The molecule has 0 radical (unpaired) electrons. The van der Waals surface area contributed by atoms with Crippen molar-refractivity contribution < 1.29 is 40.5 Å². The van der Waals surface area contributed by atoms with Crippen LogP contribution < -0.4 is 0 Å². The van der Waals surface area contributed by atoms with Crippen LogP contribution in [0, 0.1) is 0 Å². The lowest BCUT2D eigenvalue weighted by atomic mass is 10.2. The van der Waals surface area contributed by atoms with Crippen molar-refractivity contribution in [2.75, 3.05) is 46.2 Å². The molecular formula is C13H32O8. The molecule has 8 nitrogen and oxygen atoms in total. The summed E-state index contributed by atoms with van der Waals surface area (Å²) >= 11 is 0. The Morgan fingerprint density at radius 3 is 1.43 bits per heavy atom. The van der Waals surface area contributed by atoms with Gasteiger partial charge in [0.05, 0.1) is 52.4 Å². The van der Waals surface area contributed by atoms with Crippen molar-refractivity contribution in [2.24, 2.45) is 0 Å². The Bertz CT molecular complexity index is 151. The predicted molar refractivity (Wildman–Crippen MR) is 77.8 cm³/mol. The molecule has 21 heavy (non-hydrogen) atoms. The van der Waals surface area contributed by atoms with E-state index in [9.17, 15) is 0 Å². The molecule has 0 spiro atoms. The minimum atomic E-state index is -0.954. The quantitative estimate of drug-likeness (QED) is 0.225. The van der Waals surface area contributed by atoms with Crippen LogP contribution in [-0.2, 0) is 4.74 Å². The summed E-state index contributed by atoms with van der Waals surface area (Å²) in [6.07, 6.45) is 1.37. The van der Waals surface area contributed by atoms with E-state index in [-0.39, 0.29) is 33.0 Å². The highest BCUT2D eigenvalue weighted by atomic mass is 16.5. The van der Waals surface area contributed by atoms with Crippen LogP contribution in [0.4, 0.5) is 0 Å². The summed E-state index contributed by atoms with van der Waals surface area (Å²) in [5.41, 5.74) is 0. The Morgan fingerprint density at radius 2 is 1.19 bits per heavy atom. The molecule has 1 atom stereocenters. The first kappa shape index (κ1) is 25.6. The Morgan fingerprint density at radius 1 is 0.762 bits per heavy atom. The van der Waals surface area contributed by atoms with E-state index in [1.54, 1.807) is 0 Å². The van der Waals surface area contributed by atoms with E-state index >= 15 is 0 Å². The number of unbranched alkanes of at least 4 members (excludes halogenated alkanes) is 1. The third-order valence-electron chi connectivity index (χ3n) is 1.99. The molecule has 132 valence electrons. The van der Waals surface area contributed by atoms with E-state index in [2.05, 4.69) is 11.7 Å². The number of rotatable bonds is 10. The second-order valence-corrected chi connectivity index (χ2v) is 4.06. The summed E-state index contributed by atoms with van der Waals surface area (Å²) in [7, 11) is 0. The van der Waals surface area contributed by atoms with Crippen LogP contribution in [0.25, 0.3) is 0 Å². The highest BCUT2D eigenvalue weighted by Gasteiger charge is 1.97. The second-order valence-electron chi connectivity index (χ2n) is 4.06. The molecule has 0 amide bonds. The molecule has 7 N–H and O–H groups in total. The Labute approximate surface area is 126 Å². The first-order valence-electron chi connectivity index (χ1n) is 7.01. The summed E-state index contributed by atoms with van der Waals surface area (Å²) in [4.78, 5) is 0. The third kappa shape index (κ3) is 32.9. The van der Waals surface area contributed by atoms with Gasteiger partial charge in [-0.3, -0.25) is 0 Å². The maximum absolute atomic E-state index is 8.74. The molecule has 0 heterocycles. The standard InChI is InChI=1S/C6H14O2.C4H10O3.C3H8O3/c1-2-3-4-6(8)5-7;5-1-3-7-4-2-6;4-1-3(6)2-5/h6-8H,2-5H2,1H3;5-6H,1-4H2;3-6H,1-2H2. The fourth-order valence-electron chi connectivity index (χ4n) is 0.820. The van der Waals surface area contributed by atoms with E-state index in [1.807, 2.05) is 0 Å². The van der Waals surface area contributed by atoms with Gasteiger partial charge < -0.3 is 40.5 Å². The lowest BCUT2D eigenvalue weighted by molar-refractivity contribution is 0.0450. The molecule has 0 aromatic heterocycles. The Hall–Kier alpha value is -0.320. The number of aliphatic hydroxyl groups is 7. The monoisotopic (exact) mass is 316 g/mol. The van der Waals surface area contributed by atoms with Gasteiger partial charge in [-0.1, -0.05) is 19.8 Å². The van der Waals surface area contributed by atoms with Gasteiger partial charge in [-0.2, -0.15) is 0 Å². The maximum atomic E-state index is 8.74.